The number of hydrogen-bond acceptors (Lipinski definition) is 3. The van der Waals surface area contributed by atoms with Crippen LogP contribution in [0.5, 0.6) is 0 Å². The lowest BCUT2D eigenvalue weighted by atomic mass is 9.82. The Labute approximate surface area is 181 Å². The topological polar surface area (TPSA) is 75.1 Å². The monoisotopic (exact) mass is 414 g/mol. The molecular formula is C26H26N2O3. The van der Waals surface area contributed by atoms with E-state index in [-0.39, 0.29) is 23.1 Å². The number of Topliss-reactive ketones (excluding diaryl/α,β-unsaturated/α-hetero) is 1. The van der Waals surface area contributed by atoms with Crippen LogP contribution in [-0.4, -0.2) is 16.7 Å². The van der Waals surface area contributed by atoms with E-state index < -0.39 is 0 Å². The SMILES string of the molecule is CC(=O)c1ccc(C(NC(=O)c2cc3oc(-c4ccccc4)cc3[nH]2)C(C)(C)C)cc1. The van der Waals surface area contributed by atoms with Crippen LogP contribution in [-0.2, 0) is 0 Å². The standard InChI is InChI=1S/C26H26N2O3/c1-16(29)17-10-12-19(13-11-17)24(26(2,3)4)28-25(30)21-15-23-20(27-21)14-22(31-23)18-8-6-5-7-9-18/h5-15,24,27H,1-4H3,(H,28,30). The summed E-state index contributed by atoms with van der Waals surface area (Å²) in [5, 5.41) is 3.14. The average Bonchev–Trinajstić information content (AvgIpc) is 3.31. The molecule has 158 valence electrons. The minimum Gasteiger partial charge on any atom is -0.454 e. The van der Waals surface area contributed by atoms with Gasteiger partial charge in [0.15, 0.2) is 11.4 Å². The number of hydrogen-bond donors (Lipinski definition) is 2. The Morgan fingerprint density at radius 1 is 0.968 bits per heavy atom. The number of benzene rings is 2. The molecule has 0 saturated carbocycles. The summed E-state index contributed by atoms with van der Waals surface area (Å²) in [7, 11) is 0. The number of carbonyl (C=O) groups excluding carboxylic acids is 2. The predicted octanol–water partition coefficient (Wildman–Crippen LogP) is 6.15. The molecule has 2 aromatic heterocycles. The van der Waals surface area contributed by atoms with E-state index in [1.165, 1.54) is 0 Å². The number of rotatable bonds is 5. The van der Waals surface area contributed by atoms with Gasteiger partial charge in [-0.1, -0.05) is 75.4 Å². The fourth-order valence-corrected chi connectivity index (χ4v) is 3.71. The van der Waals surface area contributed by atoms with Crippen LogP contribution in [0, 0.1) is 5.41 Å². The molecule has 2 aromatic carbocycles. The molecule has 4 rings (SSSR count). The Hall–Kier alpha value is -3.60. The highest BCUT2D eigenvalue weighted by molar-refractivity contribution is 5.98. The van der Waals surface area contributed by atoms with Crippen LogP contribution in [0.2, 0.25) is 0 Å². The third-order valence-electron chi connectivity index (χ3n) is 5.40. The van der Waals surface area contributed by atoms with E-state index in [0.717, 1.165) is 22.4 Å². The van der Waals surface area contributed by atoms with E-state index in [4.69, 9.17) is 4.42 Å². The number of furan rings is 1. The lowest BCUT2D eigenvalue weighted by Crippen LogP contribution is -2.36. The Balaban J connectivity index is 1.57. The number of aromatic amines is 1. The number of aromatic nitrogens is 1. The van der Waals surface area contributed by atoms with Gasteiger partial charge in [-0.05, 0) is 17.9 Å². The van der Waals surface area contributed by atoms with E-state index in [1.54, 1.807) is 25.1 Å². The molecule has 1 amide bonds. The van der Waals surface area contributed by atoms with Gasteiger partial charge in [0.1, 0.15) is 11.5 Å². The van der Waals surface area contributed by atoms with Crippen LogP contribution in [0.3, 0.4) is 0 Å². The number of carbonyl (C=O) groups is 2. The summed E-state index contributed by atoms with van der Waals surface area (Å²) in [5.41, 5.74) is 4.24. The van der Waals surface area contributed by atoms with Gasteiger partial charge >= 0.3 is 0 Å². The molecule has 5 heteroatoms. The van der Waals surface area contributed by atoms with Gasteiger partial charge in [0, 0.05) is 23.3 Å². The summed E-state index contributed by atoms with van der Waals surface area (Å²) in [4.78, 5) is 27.8. The summed E-state index contributed by atoms with van der Waals surface area (Å²) in [6.07, 6.45) is 0. The van der Waals surface area contributed by atoms with Gasteiger partial charge in [0.2, 0.25) is 0 Å². The zero-order valence-corrected chi connectivity index (χ0v) is 18.2. The van der Waals surface area contributed by atoms with E-state index in [1.807, 2.05) is 48.5 Å². The van der Waals surface area contributed by atoms with Crippen molar-refractivity contribution >= 4 is 22.8 Å². The molecule has 31 heavy (non-hydrogen) atoms. The molecule has 0 aliphatic carbocycles. The third-order valence-corrected chi connectivity index (χ3v) is 5.40. The molecule has 0 aliphatic rings. The average molecular weight is 415 g/mol. The summed E-state index contributed by atoms with van der Waals surface area (Å²) in [5.74, 6) is 0.571. The Morgan fingerprint density at radius 2 is 1.65 bits per heavy atom. The maximum absolute atomic E-state index is 13.0. The van der Waals surface area contributed by atoms with E-state index in [0.29, 0.717) is 16.8 Å². The van der Waals surface area contributed by atoms with E-state index in [2.05, 4.69) is 31.1 Å². The lowest BCUT2D eigenvalue weighted by Gasteiger charge is -2.32. The Bertz CT molecular complexity index is 1190. The molecule has 0 spiro atoms. The van der Waals surface area contributed by atoms with Gasteiger partial charge in [-0.3, -0.25) is 9.59 Å². The first-order valence-electron chi connectivity index (χ1n) is 10.3. The molecule has 2 heterocycles. The molecule has 0 aliphatic heterocycles. The smallest absolute Gasteiger partial charge is 0.268 e. The summed E-state index contributed by atoms with van der Waals surface area (Å²) < 4.78 is 5.93. The van der Waals surface area contributed by atoms with Crippen molar-refractivity contribution in [3.63, 3.8) is 0 Å². The number of nitrogens with one attached hydrogen (secondary N) is 2. The largest absolute Gasteiger partial charge is 0.454 e. The van der Waals surface area contributed by atoms with Crippen molar-refractivity contribution in [1.29, 1.82) is 0 Å². The summed E-state index contributed by atoms with van der Waals surface area (Å²) in [6.45, 7) is 7.76. The first-order valence-corrected chi connectivity index (χ1v) is 10.3. The van der Waals surface area contributed by atoms with Crippen molar-refractivity contribution in [2.75, 3.05) is 0 Å². The normalized spacial score (nSPS) is 12.6. The molecule has 4 aromatic rings. The minimum absolute atomic E-state index is 0.0201. The van der Waals surface area contributed by atoms with Gasteiger partial charge in [-0.25, -0.2) is 0 Å². The number of ketones is 1. The lowest BCUT2D eigenvalue weighted by molar-refractivity contribution is 0.0896. The maximum Gasteiger partial charge on any atom is 0.268 e. The van der Waals surface area contributed by atoms with Crippen molar-refractivity contribution in [2.45, 2.75) is 33.7 Å². The van der Waals surface area contributed by atoms with Gasteiger partial charge in [0.25, 0.3) is 5.91 Å². The van der Waals surface area contributed by atoms with Crippen LogP contribution in [0.15, 0.2) is 71.1 Å². The second kappa shape index (κ2) is 7.91. The predicted molar refractivity (Wildman–Crippen MR) is 122 cm³/mol. The molecule has 1 unspecified atom stereocenters. The number of H-pyrrole nitrogens is 1. The van der Waals surface area contributed by atoms with Gasteiger partial charge < -0.3 is 14.7 Å². The van der Waals surface area contributed by atoms with Crippen LogP contribution >= 0.6 is 0 Å². The zero-order valence-electron chi connectivity index (χ0n) is 18.2. The first kappa shape index (κ1) is 20.7. The van der Waals surface area contributed by atoms with Crippen molar-refractivity contribution < 1.29 is 14.0 Å². The van der Waals surface area contributed by atoms with Gasteiger partial charge in [-0.15, -0.1) is 0 Å². The van der Waals surface area contributed by atoms with Crippen LogP contribution in [0.4, 0.5) is 0 Å². The molecule has 2 N–H and O–H groups in total. The molecular weight excluding hydrogens is 388 g/mol. The van der Waals surface area contributed by atoms with Crippen LogP contribution in [0.1, 0.15) is 60.1 Å². The molecule has 0 fully saturated rings. The molecule has 0 radical (unpaired) electrons. The van der Waals surface area contributed by atoms with Crippen molar-refractivity contribution in [1.82, 2.24) is 10.3 Å². The zero-order chi connectivity index (χ0) is 22.2. The van der Waals surface area contributed by atoms with Crippen molar-refractivity contribution in [3.05, 3.63) is 83.6 Å². The highest BCUT2D eigenvalue weighted by Gasteiger charge is 2.29. The quantitative estimate of drug-likeness (QED) is 0.385. The van der Waals surface area contributed by atoms with Crippen LogP contribution in [0.25, 0.3) is 22.4 Å². The summed E-state index contributed by atoms with van der Waals surface area (Å²) in [6, 6.07) is 20.7. The van der Waals surface area contributed by atoms with E-state index >= 15 is 0 Å². The minimum atomic E-state index is -0.226. The van der Waals surface area contributed by atoms with Crippen molar-refractivity contribution in [2.24, 2.45) is 5.41 Å². The molecule has 0 bridgehead atoms. The molecule has 5 nitrogen and oxygen atoms in total. The Kier molecular flexibility index (Phi) is 5.27. The molecule has 1 atom stereocenters. The Morgan fingerprint density at radius 3 is 2.23 bits per heavy atom. The van der Waals surface area contributed by atoms with Gasteiger partial charge in [0.05, 0.1) is 11.6 Å². The van der Waals surface area contributed by atoms with Gasteiger partial charge in [-0.2, -0.15) is 0 Å². The third kappa shape index (κ3) is 4.31. The highest BCUT2D eigenvalue weighted by atomic mass is 16.3. The fourth-order valence-electron chi connectivity index (χ4n) is 3.71. The fraction of sp³-hybridized carbons (Fsp3) is 0.231. The maximum atomic E-state index is 13.0. The second-order valence-electron chi connectivity index (χ2n) is 8.89. The highest BCUT2D eigenvalue weighted by Crippen LogP contribution is 2.34. The van der Waals surface area contributed by atoms with Crippen LogP contribution < -0.4 is 5.32 Å². The number of fused-ring (bicyclic) bond motifs is 1. The second-order valence-corrected chi connectivity index (χ2v) is 8.89. The first-order chi connectivity index (χ1) is 14.7. The molecule has 0 saturated heterocycles. The summed E-state index contributed by atoms with van der Waals surface area (Å²) >= 11 is 0. The van der Waals surface area contributed by atoms with Crippen molar-refractivity contribution in [3.8, 4) is 11.3 Å². The number of amides is 1. The van der Waals surface area contributed by atoms with E-state index in [9.17, 15) is 9.59 Å².